The van der Waals surface area contributed by atoms with Gasteiger partial charge in [-0.15, -0.1) is 0 Å². The number of Topliss-reactive ketones (excluding diaryl/α,β-unsaturated/α-hetero) is 2. The fourth-order valence-electron chi connectivity index (χ4n) is 1.31. The van der Waals surface area contributed by atoms with Crippen LogP contribution in [0.5, 0.6) is 0 Å². The van der Waals surface area contributed by atoms with Gasteiger partial charge in [0.15, 0.2) is 0 Å². The molecule has 0 fully saturated rings. The Morgan fingerprint density at radius 1 is 1.18 bits per heavy atom. The lowest BCUT2D eigenvalue weighted by molar-refractivity contribution is -0.143. The number of hydrogen-bond acceptors (Lipinski definition) is 4. The van der Waals surface area contributed by atoms with Gasteiger partial charge in [-0.05, 0) is 13.8 Å². The lowest BCUT2D eigenvalue weighted by Crippen LogP contribution is -2.26. The quantitative estimate of drug-likeness (QED) is 0.388. The zero-order valence-corrected chi connectivity index (χ0v) is 11.0. The van der Waals surface area contributed by atoms with Crippen LogP contribution in [-0.2, 0) is 19.1 Å². The van der Waals surface area contributed by atoms with Crippen LogP contribution in [0.15, 0.2) is 12.2 Å². The Labute approximate surface area is 102 Å². The Morgan fingerprint density at radius 3 is 2.12 bits per heavy atom. The minimum absolute atomic E-state index is 0.0577. The van der Waals surface area contributed by atoms with E-state index in [9.17, 15) is 14.4 Å². The van der Waals surface area contributed by atoms with Crippen LogP contribution in [0.1, 0.15) is 40.5 Å². The molecule has 0 aliphatic heterocycles. The van der Waals surface area contributed by atoms with Crippen molar-refractivity contribution in [3.8, 4) is 0 Å². The maximum absolute atomic E-state index is 11.5. The zero-order chi connectivity index (χ0) is 13.6. The molecule has 0 aromatic carbocycles. The number of carbonyl (C=O) groups is 3. The minimum atomic E-state index is -0.461. The van der Waals surface area contributed by atoms with Gasteiger partial charge in [0.2, 0.25) is 0 Å². The largest absolute Gasteiger partial charge is 0.462 e. The highest BCUT2D eigenvalue weighted by Gasteiger charge is 2.24. The van der Waals surface area contributed by atoms with E-state index in [4.69, 9.17) is 4.74 Å². The van der Waals surface area contributed by atoms with Gasteiger partial charge in [-0.2, -0.15) is 0 Å². The molecular weight excluding hydrogens is 220 g/mol. The summed E-state index contributed by atoms with van der Waals surface area (Å²) in [6.07, 6.45) is 0.161. The van der Waals surface area contributed by atoms with Crippen molar-refractivity contribution in [2.24, 2.45) is 5.41 Å². The van der Waals surface area contributed by atoms with Crippen molar-refractivity contribution in [1.29, 1.82) is 0 Å². The molecule has 0 atom stereocenters. The standard InChI is InChI=1S/C13H20O4/c1-9(2)12(16)17-8-13(4,5)7-11(15)6-10(3)14/h1,6-8H2,2-5H3. The molecule has 0 rings (SSSR count). The molecular formula is C13H20O4. The number of ketones is 2. The first-order valence-corrected chi connectivity index (χ1v) is 5.48. The fourth-order valence-corrected chi connectivity index (χ4v) is 1.31. The molecule has 0 aromatic heterocycles. The molecule has 4 heteroatoms. The minimum Gasteiger partial charge on any atom is -0.462 e. The summed E-state index contributed by atoms with van der Waals surface area (Å²) < 4.78 is 5.00. The molecule has 4 nitrogen and oxygen atoms in total. The summed E-state index contributed by atoms with van der Waals surface area (Å²) in [6, 6.07) is 0. The first-order valence-electron chi connectivity index (χ1n) is 5.48. The van der Waals surface area contributed by atoms with Gasteiger partial charge in [-0.3, -0.25) is 9.59 Å². The lowest BCUT2D eigenvalue weighted by Gasteiger charge is -2.23. The van der Waals surface area contributed by atoms with Crippen molar-refractivity contribution in [2.45, 2.75) is 40.5 Å². The van der Waals surface area contributed by atoms with Crippen molar-refractivity contribution in [3.63, 3.8) is 0 Å². The Hall–Kier alpha value is -1.45. The Balaban J connectivity index is 4.20. The molecule has 0 spiro atoms. The van der Waals surface area contributed by atoms with Crippen LogP contribution >= 0.6 is 0 Å². The van der Waals surface area contributed by atoms with E-state index in [2.05, 4.69) is 6.58 Å². The van der Waals surface area contributed by atoms with E-state index in [1.807, 2.05) is 13.8 Å². The van der Waals surface area contributed by atoms with Crippen molar-refractivity contribution in [2.75, 3.05) is 6.61 Å². The van der Waals surface area contributed by atoms with Gasteiger partial charge in [-0.1, -0.05) is 20.4 Å². The predicted octanol–water partition coefficient (Wildman–Crippen LogP) is 2.07. The molecule has 0 N–H and O–H groups in total. The van der Waals surface area contributed by atoms with E-state index in [0.29, 0.717) is 5.57 Å². The summed E-state index contributed by atoms with van der Waals surface area (Å²) in [6.45, 7) is 10.2. The van der Waals surface area contributed by atoms with Crippen LogP contribution in [-0.4, -0.2) is 24.1 Å². The summed E-state index contributed by atoms with van der Waals surface area (Å²) in [5.41, 5.74) is -0.131. The molecule has 96 valence electrons. The molecule has 0 unspecified atom stereocenters. The van der Waals surface area contributed by atoms with E-state index in [1.165, 1.54) is 6.92 Å². The van der Waals surface area contributed by atoms with Gasteiger partial charge in [0.05, 0.1) is 13.0 Å². The fraction of sp³-hybridized carbons (Fsp3) is 0.615. The van der Waals surface area contributed by atoms with Crippen molar-refractivity contribution >= 4 is 17.5 Å². The van der Waals surface area contributed by atoms with E-state index >= 15 is 0 Å². The van der Waals surface area contributed by atoms with Crippen LogP contribution in [0.3, 0.4) is 0 Å². The SMILES string of the molecule is C=C(C)C(=O)OCC(C)(C)CC(=O)CC(C)=O. The lowest BCUT2D eigenvalue weighted by atomic mass is 9.87. The molecule has 0 bridgehead atoms. The van der Waals surface area contributed by atoms with Gasteiger partial charge >= 0.3 is 5.97 Å². The highest BCUT2D eigenvalue weighted by molar-refractivity contribution is 5.98. The number of carbonyl (C=O) groups excluding carboxylic acids is 3. The third-order valence-electron chi connectivity index (χ3n) is 2.06. The van der Waals surface area contributed by atoms with Crippen molar-refractivity contribution in [1.82, 2.24) is 0 Å². The second-order valence-corrected chi connectivity index (χ2v) is 5.11. The number of esters is 1. The Kier molecular flexibility index (Phi) is 5.79. The maximum Gasteiger partial charge on any atom is 0.333 e. The summed E-state index contributed by atoms with van der Waals surface area (Å²) in [5.74, 6) is -0.740. The zero-order valence-electron chi connectivity index (χ0n) is 11.0. The van der Waals surface area contributed by atoms with Crippen LogP contribution in [0.2, 0.25) is 0 Å². The highest BCUT2D eigenvalue weighted by Crippen LogP contribution is 2.22. The number of hydrogen-bond donors (Lipinski definition) is 0. The van der Waals surface area contributed by atoms with E-state index in [1.54, 1.807) is 6.92 Å². The molecule has 0 aliphatic carbocycles. The molecule has 0 saturated carbocycles. The van der Waals surface area contributed by atoms with Crippen molar-refractivity contribution in [3.05, 3.63) is 12.2 Å². The molecule has 0 aliphatic rings. The van der Waals surface area contributed by atoms with Crippen LogP contribution in [0.25, 0.3) is 0 Å². The predicted molar refractivity (Wildman–Crippen MR) is 64.5 cm³/mol. The summed E-state index contributed by atoms with van der Waals surface area (Å²) in [4.78, 5) is 33.4. The van der Waals surface area contributed by atoms with E-state index < -0.39 is 11.4 Å². The van der Waals surface area contributed by atoms with Crippen LogP contribution in [0, 0.1) is 5.41 Å². The summed E-state index contributed by atoms with van der Waals surface area (Å²) >= 11 is 0. The topological polar surface area (TPSA) is 60.4 Å². The molecule has 0 aromatic rings. The number of rotatable bonds is 7. The van der Waals surface area contributed by atoms with E-state index in [-0.39, 0.29) is 31.0 Å². The summed E-state index contributed by atoms with van der Waals surface area (Å²) in [7, 11) is 0. The van der Waals surface area contributed by atoms with E-state index in [0.717, 1.165) is 0 Å². The maximum atomic E-state index is 11.5. The monoisotopic (exact) mass is 240 g/mol. The van der Waals surface area contributed by atoms with Gasteiger partial charge in [0, 0.05) is 17.4 Å². The van der Waals surface area contributed by atoms with Gasteiger partial charge in [-0.25, -0.2) is 4.79 Å². The molecule has 0 heterocycles. The second kappa shape index (κ2) is 6.33. The van der Waals surface area contributed by atoms with Crippen LogP contribution in [0.4, 0.5) is 0 Å². The average molecular weight is 240 g/mol. The van der Waals surface area contributed by atoms with Crippen molar-refractivity contribution < 1.29 is 19.1 Å². The normalized spacial score (nSPS) is 10.8. The third kappa shape index (κ3) is 7.44. The Morgan fingerprint density at radius 2 is 1.71 bits per heavy atom. The highest BCUT2D eigenvalue weighted by atomic mass is 16.5. The molecule has 0 amide bonds. The Bertz CT molecular complexity index is 339. The molecule has 17 heavy (non-hydrogen) atoms. The van der Waals surface area contributed by atoms with Gasteiger partial charge < -0.3 is 4.74 Å². The summed E-state index contributed by atoms with van der Waals surface area (Å²) in [5, 5.41) is 0. The first-order chi connectivity index (χ1) is 7.64. The second-order valence-electron chi connectivity index (χ2n) is 5.11. The number of ether oxygens (including phenoxy) is 1. The van der Waals surface area contributed by atoms with Gasteiger partial charge in [0.25, 0.3) is 0 Å². The molecule has 0 radical (unpaired) electrons. The average Bonchev–Trinajstić information content (AvgIpc) is 2.11. The van der Waals surface area contributed by atoms with Crippen LogP contribution < -0.4 is 0 Å². The smallest absolute Gasteiger partial charge is 0.333 e. The van der Waals surface area contributed by atoms with Gasteiger partial charge in [0.1, 0.15) is 11.6 Å². The third-order valence-corrected chi connectivity index (χ3v) is 2.06. The molecule has 0 saturated heterocycles. The first kappa shape index (κ1) is 15.6.